The molecule has 0 amide bonds. The van der Waals surface area contributed by atoms with Crippen LogP contribution in [0.2, 0.25) is 0 Å². The van der Waals surface area contributed by atoms with E-state index in [2.05, 4.69) is 48.5 Å². The Morgan fingerprint density at radius 3 is 0.389 bits per heavy atom. The van der Waals surface area contributed by atoms with Gasteiger partial charge in [-0.3, -0.25) is 0 Å². The Balaban J connectivity index is 0.000000189. The van der Waals surface area contributed by atoms with Crippen LogP contribution in [-0.4, -0.2) is 0 Å². The zero-order valence-corrected chi connectivity index (χ0v) is 78.0. The van der Waals surface area contributed by atoms with E-state index in [4.69, 9.17) is 0 Å². The molecule has 0 nitrogen and oxygen atoms in total. The molecule has 0 spiro atoms. The number of rotatable bonds is 26. The van der Waals surface area contributed by atoms with Gasteiger partial charge in [0.1, 0.15) is 0 Å². The number of hydrogen-bond acceptors (Lipinski definition) is 0. The molecule has 0 atom stereocenters. The first-order valence-electron chi connectivity index (χ1n) is 45.7. The van der Waals surface area contributed by atoms with Crippen molar-refractivity contribution in [1.29, 1.82) is 0 Å². The summed E-state index contributed by atoms with van der Waals surface area (Å²) in [6.45, 7) is 25.9. The van der Waals surface area contributed by atoms with Gasteiger partial charge in [0.25, 0.3) is 0 Å². The fourth-order valence-corrected chi connectivity index (χ4v) is 14.7. The van der Waals surface area contributed by atoms with Crippen LogP contribution >= 0.6 is 0 Å². The molecule has 0 heterocycles. The van der Waals surface area contributed by atoms with Crippen molar-refractivity contribution in [3.05, 3.63) is 414 Å². The molecule has 0 N–H and O–H groups in total. The topological polar surface area (TPSA) is 0 Å². The van der Waals surface area contributed by atoms with Crippen LogP contribution in [0.3, 0.4) is 0 Å². The Labute approximate surface area is 768 Å². The lowest BCUT2D eigenvalue weighted by molar-refractivity contribution is 0.505. The molecule has 688 valence electrons. The van der Waals surface area contributed by atoms with Gasteiger partial charge in [-0.1, -0.05) is 361 Å². The molecule has 14 heteroatoms. The maximum atomic E-state index is 13.9. The predicted octanol–water partition coefficient (Wildman–Crippen LogP) is 36.2. The van der Waals surface area contributed by atoms with Gasteiger partial charge in [0.15, 0.2) is 81.4 Å². The summed E-state index contributed by atoms with van der Waals surface area (Å²) in [4.78, 5) is 0. The van der Waals surface area contributed by atoms with Crippen LogP contribution in [0, 0.1) is 130 Å². The van der Waals surface area contributed by atoms with Gasteiger partial charge >= 0.3 is 0 Å². The van der Waals surface area contributed by atoms with Crippen molar-refractivity contribution in [3.63, 3.8) is 0 Å². The molecule has 14 aromatic carbocycles. The summed E-state index contributed by atoms with van der Waals surface area (Å²) < 4.78 is 192. The largest absolute Gasteiger partial charge is 0.203 e. The third kappa shape index (κ3) is 29.8. The first-order valence-corrected chi connectivity index (χ1v) is 45.7. The van der Waals surface area contributed by atoms with Crippen molar-refractivity contribution >= 4 is 0 Å². The molecule has 131 heavy (non-hydrogen) atoms. The van der Waals surface area contributed by atoms with Crippen LogP contribution in [0.25, 0.3) is 77.9 Å². The molecular formula is C117H122F14. The minimum absolute atomic E-state index is 0.321. The monoisotopic (exact) mass is 1790 g/mol. The summed E-state index contributed by atoms with van der Waals surface area (Å²) >= 11 is 0. The first-order chi connectivity index (χ1) is 62.9. The third-order valence-electron chi connectivity index (χ3n) is 22.9. The molecule has 0 aliphatic rings. The number of benzene rings is 14. The van der Waals surface area contributed by atoms with Crippen LogP contribution in [-0.2, 0) is 44.9 Å². The van der Waals surface area contributed by atoms with Crippen molar-refractivity contribution in [2.24, 2.45) is 0 Å². The fraction of sp³-hybridized carbons (Fsp3) is 0.282. The molecule has 0 fully saturated rings. The van der Waals surface area contributed by atoms with Gasteiger partial charge in [-0.25, -0.2) is 61.5 Å². The van der Waals surface area contributed by atoms with E-state index in [1.54, 1.807) is 133 Å². The summed E-state index contributed by atoms with van der Waals surface area (Å²) in [7, 11) is 0. The standard InChI is InChI=1S/2C18H20F2.C17H18F2.4C16H16F2/c2*1-3-4-5-6-14-8-10-15(11-9-14)16-12-7-13(2)17(19)18(16)20;1-3-4-5-13-7-9-14(10-8-13)15-11-6-12(2)16(18)17(15)19;4*1-3-4-12-6-8-13(9-7-12)14-10-5-11(2)15(17)16(14)18/h2*7-12H,3-6H2,1-2H3;6-11H,3-5H2,1-2H3;4*5-10H,3-4H2,1-2H3. The lowest BCUT2D eigenvalue weighted by Gasteiger charge is -2.07. The highest BCUT2D eigenvalue weighted by molar-refractivity contribution is 5.71. The molecule has 0 aliphatic heterocycles. The average molecular weight is 1790 g/mol. The summed E-state index contributed by atoms with van der Waals surface area (Å²) in [6, 6.07) is 76.4. The van der Waals surface area contributed by atoms with Crippen LogP contribution in [0.5, 0.6) is 0 Å². The quantitative estimate of drug-likeness (QED) is 0.0374. The average Bonchev–Trinajstić information content (AvgIpc) is 0.845. The van der Waals surface area contributed by atoms with Crippen molar-refractivity contribution in [2.75, 3.05) is 0 Å². The van der Waals surface area contributed by atoms with Gasteiger partial charge in [-0.15, -0.1) is 0 Å². The van der Waals surface area contributed by atoms with E-state index in [9.17, 15) is 61.5 Å². The highest BCUT2D eigenvalue weighted by Crippen LogP contribution is 2.35. The Hall–Kier alpha value is -11.9. The van der Waals surface area contributed by atoms with Gasteiger partial charge in [0, 0.05) is 38.9 Å². The van der Waals surface area contributed by atoms with E-state index >= 15 is 0 Å². The van der Waals surface area contributed by atoms with Crippen molar-refractivity contribution in [2.45, 2.75) is 219 Å². The van der Waals surface area contributed by atoms with Crippen LogP contribution in [0.1, 0.15) is 203 Å². The van der Waals surface area contributed by atoms with Crippen LogP contribution in [0.15, 0.2) is 255 Å². The fourth-order valence-electron chi connectivity index (χ4n) is 14.7. The molecule has 0 saturated heterocycles. The molecule has 0 aromatic heterocycles. The van der Waals surface area contributed by atoms with Gasteiger partial charge in [0.05, 0.1) is 0 Å². The second-order valence-corrected chi connectivity index (χ2v) is 33.3. The molecule has 0 unspecified atom stereocenters. The zero-order chi connectivity index (χ0) is 95.4. The summed E-state index contributed by atoms with van der Waals surface area (Å²) in [5.41, 5.74) is 18.2. The zero-order valence-electron chi connectivity index (χ0n) is 78.0. The number of unbranched alkanes of at least 4 members (excludes halogenated alkanes) is 5. The van der Waals surface area contributed by atoms with Gasteiger partial charge in [0.2, 0.25) is 0 Å². The molecule has 0 bridgehead atoms. The van der Waals surface area contributed by atoms with E-state index in [1.807, 2.05) is 170 Å². The molecule has 0 radical (unpaired) electrons. The van der Waals surface area contributed by atoms with Gasteiger partial charge in [-0.2, -0.15) is 0 Å². The minimum atomic E-state index is -0.766. The highest BCUT2D eigenvalue weighted by atomic mass is 19.2. The maximum absolute atomic E-state index is 13.9. The summed E-state index contributed by atoms with van der Waals surface area (Å²) in [5.74, 6) is -10.6. The van der Waals surface area contributed by atoms with Crippen molar-refractivity contribution < 1.29 is 61.5 Å². The lowest BCUT2D eigenvalue weighted by Crippen LogP contribution is -1.93. The van der Waals surface area contributed by atoms with Crippen LogP contribution < -0.4 is 0 Å². The predicted molar refractivity (Wildman–Crippen MR) is 517 cm³/mol. The number of aryl methyl sites for hydroxylation is 14. The Morgan fingerprint density at radius 2 is 0.260 bits per heavy atom. The number of halogens is 14. The SMILES string of the molecule is CCCCCc1ccc(-c2ccc(C)c(F)c2F)cc1.CCCCCc1ccc(-c2ccc(C)c(F)c2F)cc1.CCCCc1ccc(-c2ccc(C)c(F)c2F)cc1.CCCc1ccc(-c2ccc(C)c(F)c2F)cc1.CCCc1ccc(-c2ccc(C)c(F)c2F)cc1.CCCc1ccc(-c2ccc(C)c(F)c2F)cc1.CCCc1ccc(-c2ccc(C)c(F)c2F)cc1. The second-order valence-electron chi connectivity index (χ2n) is 33.3. The molecule has 0 aliphatic carbocycles. The van der Waals surface area contributed by atoms with Gasteiger partial charge in [-0.05, 0) is 230 Å². The second kappa shape index (κ2) is 52.8. The molecule has 14 rings (SSSR count). The Kier molecular flexibility index (Phi) is 42.1. The van der Waals surface area contributed by atoms with E-state index in [0.29, 0.717) is 100 Å². The van der Waals surface area contributed by atoms with E-state index < -0.39 is 81.4 Å². The van der Waals surface area contributed by atoms with E-state index in [0.717, 1.165) is 100 Å². The van der Waals surface area contributed by atoms with E-state index in [1.165, 1.54) is 77.5 Å². The number of hydrogen-bond donors (Lipinski definition) is 0. The highest BCUT2D eigenvalue weighted by Gasteiger charge is 2.20. The summed E-state index contributed by atoms with van der Waals surface area (Å²) in [5, 5.41) is 0. The molecule has 14 aromatic rings. The molecule has 0 saturated carbocycles. The first kappa shape index (κ1) is 104. The Morgan fingerprint density at radius 1 is 0.130 bits per heavy atom. The smallest absolute Gasteiger partial charge is 0.166 e. The minimum Gasteiger partial charge on any atom is -0.203 e. The lowest BCUT2D eigenvalue weighted by atomic mass is 10.00. The van der Waals surface area contributed by atoms with Crippen molar-refractivity contribution in [3.8, 4) is 77.9 Å². The normalized spacial score (nSPS) is 10.7. The van der Waals surface area contributed by atoms with Crippen LogP contribution in [0.4, 0.5) is 61.5 Å². The maximum Gasteiger partial charge on any atom is 0.166 e. The van der Waals surface area contributed by atoms with Gasteiger partial charge < -0.3 is 0 Å². The third-order valence-corrected chi connectivity index (χ3v) is 22.9. The molecular weight excluding hydrogens is 1670 g/mol. The Bertz CT molecular complexity index is 5400. The summed E-state index contributed by atoms with van der Waals surface area (Å²) in [6.07, 6.45) is 20.9. The van der Waals surface area contributed by atoms with Crippen molar-refractivity contribution in [1.82, 2.24) is 0 Å². The van der Waals surface area contributed by atoms with E-state index in [-0.39, 0.29) is 0 Å².